The fraction of sp³-hybridized carbons (Fsp3) is 0.333. The Kier molecular flexibility index (Phi) is 3.67. The van der Waals surface area contributed by atoms with Gasteiger partial charge >= 0.3 is 0 Å². The molecule has 0 spiro atoms. The molecular formula is C9H13NO4S. The monoisotopic (exact) mass is 231 g/mol. The van der Waals surface area contributed by atoms with Gasteiger partial charge in [-0.2, -0.15) is 8.42 Å². The number of ether oxygens (including phenoxy) is 1. The molecule has 3 N–H and O–H groups in total. The summed E-state index contributed by atoms with van der Waals surface area (Å²) in [5, 5.41) is 0. The van der Waals surface area contributed by atoms with E-state index >= 15 is 0 Å². The van der Waals surface area contributed by atoms with Crippen molar-refractivity contribution in [3.8, 4) is 5.75 Å². The molecule has 0 saturated carbocycles. The van der Waals surface area contributed by atoms with Crippen molar-refractivity contribution in [2.24, 2.45) is 5.73 Å². The SMILES string of the molecule is COc1ccc(CCN)cc1S(=O)(=O)O. The van der Waals surface area contributed by atoms with Gasteiger partial charge in [-0.1, -0.05) is 6.07 Å². The van der Waals surface area contributed by atoms with Gasteiger partial charge in [-0.15, -0.1) is 0 Å². The van der Waals surface area contributed by atoms with Crippen molar-refractivity contribution >= 4 is 10.1 Å². The van der Waals surface area contributed by atoms with Gasteiger partial charge in [-0.05, 0) is 30.7 Å². The number of hydrogen-bond acceptors (Lipinski definition) is 4. The molecule has 0 saturated heterocycles. The van der Waals surface area contributed by atoms with Crippen LogP contribution in [0.5, 0.6) is 5.75 Å². The van der Waals surface area contributed by atoms with E-state index in [4.69, 9.17) is 15.0 Å². The first-order chi connectivity index (χ1) is 6.99. The highest BCUT2D eigenvalue weighted by atomic mass is 32.2. The summed E-state index contributed by atoms with van der Waals surface area (Å²) in [6.45, 7) is 0.414. The third kappa shape index (κ3) is 2.92. The van der Waals surface area contributed by atoms with Crippen molar-refractivity contribution in [1.82, 2.24) is 0 Å². The smallest absolute Gasteiger partial charge is 0.298 e. The second-order valence-corrected chi connectivity index (χ2v) is 4.39. The van der Waals surface area contributed by atoms with Gasteiger partial charge in [0, 0.05) is 0 Å². The summed E-state index contributed by atoms with van der Waals surface area (Å²) < 4.78 is 35.8. The Morgan fingerprint density at radius 3 is 2.60 bits per heavy atom. The number of hydrogen-bond donors (Lipinski definition) is 2. The second kappa shape index (κ2) is 4.61. The highest BCUT2D eigenvalue weighted by Gasteiger charge is 2.16. The molecular weight excluding hydrogens is 218 g/mol. The van der Waals surface area contributed by atoms with Crippen LogP contribution in [0.2, 0.25) is 0 Å². The molecule has 0 aliphatic carbocycles. The van der Waals surface area contributed by atoms with E-state index in [2.05, 4.69) is 0 Å². The van der Waals surface area contributed by atoms with Crippen LogP contribution < -0.4 is 10.5 Å². The van der Waals surface area contributed by atoms with E-state index in [1.54, 1.807) is 6.07 Å². The van der Waals surface area contributed by atoms with Crippen molar-refractivity contribution in [2.45, 2.75) is 11.3 Å². The largest absolute Gasteiger partial charge is 0.495 e. The zero-order valence-corrected chi connectivity index (χ0v) is 9.12. The average Bonchev–Trinajstić information content (AvgIpc) is 2.17. The lowest BCUT2D eigenvalue weighted by Crippen LogP contribution is -2.06. The fourth-order valence-electron chi connectivity index (χ4n) is 1.24. The summed E-state index contributed by atoms with van der Waals surface area (Å²) in [7, 11) is -2.91. The normalized spacial score (nSPS) is 11.4. The quantitative estimate of drug-likeness (QED) is 0.734. The van der Waals surface area contributed by atoms with Crippen LogP contribution in [0.1, 0.15) is 5.56 Å². The molecule has 0 amide bonds. The van der Waals surface area contributed by atoms with E-state index in [0.29, 0.717) is 13.0 Å². The molecule has 0 heterocycles. The molecule has 84 valence electrons. The molecule has 0 atom stereocenters. The fourth-order valence-corrected chi connectivity index (χ4v) is 1.95. The van der Waals surface area contributed by atoms with Gasteiger partial charge in [0.05, 0.1) is 7.11 Å². The molecule has 0 bridgehead atoms. The predicted octanol–water partition coefficient (Wildman–Crippen LogP) is 0.443. The van der Waals surface area contributed by atoms with Crippen LogP contribution >= 0.6 is 0 Å². The van der Waals surface area contributed by atoms with E-state index in [1.807, 2.05) is 0 Å². The topological polar surface area (TPSA) is 89.6 Å². The minimum absolute atomic E-state index is 0.123. The van der Waals surface area contributed by atoms with Crippen molar-refractivity contribution in [3.05, 3.63) is 23.8 Å². The van der Waals surface area contributed by atoms with Gasteiger partial charge in [0.15, 0.2) is 0 Å². The third-order valence-electron chi connectivity index (χ3n) is 1.94. The first kappa shape index (κ1) is 12.0. The molecule has 5 nitrogen and oxygen atoms in total. The summed E-state index contributed by atoms with van der Waals surface area (Å²) >= 11 is 0. The van der Waals surface area contributed by atoms with E-state index in [1.165, 1.54) is 19.2 Å². The maximum absolute atomic E-state index is 11.0. The van der Waals surface area contributed by atoms with Crippen molar-refractivity contribution in [1.29, 1.82) is 0 Å². The van der Waals surface area contributed by atoms with Gasteiger partial charge in [0.2, 0.25) is 0 Å². The van der Waals surface area contributed by atoms with Gasteiger partial charge < -0.3 is 10.5 Å². The summed E-state index contributed by atoms with van der Waals surface area (Å²) in [5.74, 6) is 0.123. The molecule has 6 heteroatoms. The molecule has 0 aromatic heterocycles. The van der Waals surface area contributed by atoms with Gasteiger partial charge in [-0.25, -0.2) is 0 Å². The van der Waals surface area contributed by atoms with Gasteiger partial charge in [0.1, 0.15) is 10.6 Å². The lowest BCUT2D eigenvalue weighted by Gasteiger charge is -2.07. The standard InChI is InChI=1S/C9H13NO4S/c1-14-8-3-2-7(4-5-10)6-9(8)15(11,12)13/h2-3,6H,4-5,10H2,1H3,(H,11,12,13). The first-order valence-corrected chi connectivity index (χ1v) is 5.77. The minimum Gasteiger partial charge on any atom is -0.495 e. The minimum atomic E-state index is -4.25. The second-order valence-electron chi connectivity index (χ2n) is 3.00. The maximum atomic E-state index is 11.0. The molecule has 15 heavy (non-hydrogen) atoms. The van der Waals surface area contributed by atoms with Gasteiger partial charge in [-0.3, -0.25) is 4.55 Å². The third-order valence-corrected chi connectivity index (χ3v) is 2.81. The van der Waals surface area contributed by atoms with Crippen molar-refractivity contribution < 1.29 is 17.7 Å². The zero-order valence-electron chi connectivity index (χ0n) is 8.30. The van der Waals surface area contributed by atoms with Crippen LogP contribution in [0, 0.1) is 0 Å². The van der Waals surface area contributed by atoms with E-state index in [0.717, 1.165) is 5.56 Å². The number of nitrogens with two attached hydrogens (primary N) is 1. The Morgan fingerprint density at radius 1 is 1.47 bits per heavy atom. The summed E-state index contributed by atoms with van der Waals surface area (Å²) in [5.41, 5.74) is 6.09. The highest BCUT2D eigenvalue weighted by molar-refractivity contribution is 7.86. The lowest BCUT2D eigenvalue weighted by molar-refractivity contribution is 0.397. The molecule has 1 rings (SSSR count). The Bertz CT molecular complexity index is 441. The number of methoxy groups -OCH3 is 1. The van der Waals surface area contributed by atoms with Crippen molar-refractivity contribution in [3.63, 3.8) is 0 Å². The molecule has 0 fully saturated rings. The van der Waals surface area contributed by atoms with Crippen molar-refractivity contribution in [2.75, 3.05) is 13.7 Å². The molecule has 0 aliphatic heterocycles. The first-order valence-electron chi connectivity index (χ1n) is 4.33. The highest BCUT2D eigenvalue weighted by Crippen LogP contribution is 2.24. The van der Waals surface area contributed by atoms with Crippen LogP contribution in [0.25, 0.3) is 0 Å². The maximum Gasteiger partial charge on any atom is 0.298 e. The number of rotatable bonds is 4. The van der Waals surface area contributed by atoms with E-state index in [9.17, 15) is 8.42 Å². The van der Waals surface area contributed by atoms with Crippen LogP contribution in [0.15, 0.2) is 23.1 Å². The Hall–Kier alpha value is -1.11. The van der Waals surface area contributed by atoms with Crippen LogP contribution in [0.3, 0.4) is 0 Å². The average molecular weight is 231 g/mol. The predicted molar refractivity (Wildman–Crippen MR) is 55.6 cm³/mol. The van der Waals surface area contributed by atoms with E-state index < -0.39 is 10.1 Å². The molecule has 1 aromatic rings. The van der Waals surface area contributed by atoms with Crippen LogP contribution in [-0.4, -0.2) is 26.6 Å². The summed E-state index contributed by atoms with van der Waals surface area (Å²) in [4.78, 5) is -0.226. The summed E-state index contributed by atoms with van der Waals surface area (Å²) in [6, 6.07) is 4.56. The van der Waals surface area contributed by atoms with Crippen LogP contribution in [-0.2, 0) is 16.5 Å². The molecule has 0 unspecified atom stereocenters. The van der Waals surface area contributed by atoms with Gasteiger partial charge in [0.25, 0.3) is 10.1 Å². The molecule has 1 aromatic carbocycles. The van der Waals surface area contributed by atoms with E-state index in [-0.39, 0.29) is 10.6 Å². The summed E-state index contributed by atoms with van der Waals surface area (Å²) in [6.07, 6.45) is 0.548. The molecule has 0 aliphatic rings. The zero-order chi connectivity index (χ0) is 11.5. The Labute approximate surface area is 88.6 Å². The molecule has 0 radical (unpaired) electrons. The number of benzene rings is 1. The Balaban J connectivity index is 3.26. The van der Waals surface area contributed by atoms with Crippen LogP contribution in [0.4, 0.5) is 0 Å². The lowest BCUT2D eigenvalue weighted by atomic mass is 10.1. The Morgan fingerprint density at radius 2 is 2.13 bits per heavy atom.